The number of hydrogen-bond acceptors (Lipinski definition) is 11. The van der Waals surface area contributed by atoms with Crippen molar-refractivity contribution in [3.63, 3.8) is 0 Å². The Morgan fingerprint density at radius 1 is 0.703 bits per heavy atom. The van der Waals surface area contributed by atoms with Gasteiger partial charge in [0.15, 0.2) is 0 Å². The van der Waals surface area contributed by atoms with E-state index >= 15 is 0 Å². The van der Waals surface area contributed by atoms with Crippen molar-refractivity contribution in [1.29, 1.82) is 0 Å². The predicted molar refractivity (Wildman–Crippen MR) is 136 cm³/mol. The highest BCUT2D eigenvalue weighted by atomic mass is 16.5. The topological polar surface area (TPSA) is 207 Å². The van der Waals surface area contributed by atoms with E-state index in [0.29, 0.717) is 6.42 Å². The first-order valence-electron chi connectivity index (χ1n) is 13.1. The molecular weight excluding hydrogens is 490 g/mol. The van der Waals surface area contributed by atoms with Crippen LogP contribution in [-0.4, -0.2) is 121 Å². The Morgan fingerprint density at radius 2 is 1.14 bits per heavy atom. The fraction of sp³-hybridized carbons (Fsp3) is 1.00. The number of aliphatic hydroxyl groups is 6. The Balaban J connectivity index is 5.27. The molecule has 0 rings (SSSR count). The molecule has 0 saturated heterocycles. The van der Waals surface area contributed by atoms with Gasteiger partial charge in [-0.2, -0.15) is 0 Å². The SMILES string of the molecule is CCCCCCCCCC(N=[N+]=[N-])OCC(COCC(O)CO)(COCC(O)CO)COCC(O)CO. The molecule has 0 aromatic heterocycles. The van der Waals surface area contributed by atoms with Gasteiger partial charge in [-0.05, 0) is 12.0 Å². The van der Waals surface area contributed by atoms with Gasteiger partial charge in [-0.25, -0.2) is 0 Å². The van der Waals surface area contributed by atoms with Crippen LogP contribution in [0.5, 0.6) is 0 Å². The molecule has 0 aliphatic rings. The van der Waals surface area contributed by atoms with Gasteiger partial charge in [0.05, 0.1) is 71.5 Å². The first kappa shape index (κ1) is 35.9. The monoisotopic (exact) mass is 539 g/mol. The summed E-state index contributed by atoms with van der Waals surface area (Å²) in [4.78, 5) is 2.89. The summed E-state index contributed by atoms with van der Waals surface area (Å²) in [6.45, 7) is -0.0391. The molecule has 0 radical (unpaired) electrons. The van der Waals surface area contributed by atoms with E-state index in [9.17, 15) is 15.3 Å². The standard InChI is InChI=1S/C24H49N3O10/c1-2-3-4-5-6-7-8-9-23(26-27-25)37-19-24(16-34-13-20(31)10-28,17-35-14-21(32)11-29)18-36-15-22(33)12-30/h20-23,28-33H,2-19H2,1H3. The van der Waals surface area contributed by atoms with Gasteiger partial charge in [-0.1, -0.05) is 57.0 Å². The molecule has 6 N–H and O–H groups in total. The lowest BCUT2D eigenvalue weighted by molar-refractivity contribution is -0.139. The van der Waals surface area contributed by atoms with E-state index < -0.39 is 49.8 Å². The van der Waals surface area contributed by atoms with Crippen LogP contribution in [0.25, 0.3) is 10.4 Å². The molecule has 37 heavy (non-hydrogen) atoms. The van der Waals surface area contributed by atoms with E-state index in [0.717, 1.165) is 25.7 Å². The van der Waals surface area contributed by atoms with E-state index in [2.05, 4.69) is 16.9 Å². The summed E-state index contributed by atoms with van der Waals surface area (Å²) < 4.78 is 22.7. The summed E-state index contributed by atoms with van der Waals surface area (Å²) in [5.41, 5.74) is 7.98. The molecule has 0 heterocycles. The summed E-state index contributed by atoms with van der Waals surface area (Å²) in [7, 11) is 0. The Morgan fingerprint density at radius 3 is 1.54 bits per heavy atom. The van der Waals surface area contributed by atoms with E-state index in [1.165, 1.54) is 19.3 Å². The van der Waals surface area contributed by atoms with Crippen LogP contribution in [0.1, 0.15) is 58.3 Å². The Bertz CT molecular complexity index is 528. The minimum atomic E-state index is -1.10. The van der Waals surface area contributed by atoms with Gasteiger partial charge in [0, 0.05) is 4.91 Å². The van der Waals surface area contributed by atoms with Gasteiger partial charge >= 0.3 is 0 Å². The van der Waals surface area contributed by atoms with E-state index in [1.807, 2.05) is 0 Å². The Labute approximate surface area is 219 Å². The maximum absolute atomic E-state index is 9.65. The van der Waals surface area contributed by atoms with Crippen LogP contribution >= 0.6 is 0 Å². The van der Waals surface area contributed by atoms with Crippen molar-refractivity contribution in [3.8, 4) is 0 Å². The third kappa shape index (κ3) is 19.6. The Kier molecular flexibility index (Phi) is 23.3. The van der Waals surface area contributed by atoms with Crippen molar-refractivity contribution >= 4 is 0 Å². The normalized spacial score (nSPS) is 16.5. The van der Waals surface area contributed by atoms with Crippen molar-refractivity contribution in [2.45, 2.75) is 82.8 Å². The van der Waals surface area contributed by atoms with Crippen LogP contribution < -0.4 is 0 Å². The lowest BCUT2D eigenvalue weighted by Gasteiger charge is -2.34. The van der Waals surface area contributed by atoms with E-state index in [4.69, 9.17) is 39.8 Å². The van der Waals surface area contributed by atoms with Gasteiger partial charge in [-0.15, -0.1) is 0 Å². The molecule has 0 bridgehead atoms. The number of unbranched alkanes of at least 4 members (excludes halogenated alkanes) is 6. The van der Waals surface area contributed by atoms with E-state index in [1.54, 1.807) is 0 Å². The summed E-state index contributed by atoms with van der Waals surface area (Å²) in [6.07, 6.45) is 4.16. The second-order valence-corrected chi connectivity index (χ2v) is 9.44. The van der Waals surface area contributed by atoms with Gasteiger partial charge in [0.25, 0.3) is 0 Å². The molecule has 0 aliphatic heterocycles. The number of azide groups is 1. The molecular formula is C24H49N3O10. The third-order valence-corrected chi connectivity index (χ3v) is 5.60. The second kappa shape index (κ2) is 24.0. The second-order valence-electron chi connectivity index (χ2n) is 9.44. The molecule has 0 aromatic carbocycles. The minimum Gasteiger partial charge on any atom is -0.394 e. The van der Waals surface area contributed by atoms with Crippen LogP contribution in [0.2, 0.25) is 0 Å². The zero-order valence-corrected chi connectivity index (χ0v) is 22.2. The fourth-order valence-electron chi connectivity index (χ4n) is 3.42. The summed E-state index contributed by atoms with van der Waals surface area (Å²) in [5.74, 6) is 0. The fourth-order valence-corrected chi connectivity index (χ4v) is 3.42. The minimum absolute atomic E-state index is 0.0488. The molecule has 13 nitrogen and oxygen atoms in total. The molecule has 0 aliphatic carbocycles. The first-order valence-corrected chi connectivity index (χ1v) is 13.1. The molecule has 4 unspecified atom stereocenters. The van der Waals surface area contributed by atoms with Crippen LogP contribution in [0.3, 0.4) is 0 Å². The van der Waals surface area contributed by atoms with Gasteiger partial charge < -0.3 is 49.6 Å². The maximum atomic E-state index is 9.65. The largest absolute Gasteiger partial charge is 0.394 e. The van der Waals surface area contributed by atoms with Gasteiger partial charge in [0.1, 0.15) is 24.5 Å². The third-order valence-electron chi connectivity index (χ3n) is 5.60. The predicted octanol–water partition coefficient (Wildman–Crippen LogP) is 0.876. The molecule has 0 saturated carbocycles. The van der Waals surface area contributed by atoms with Crippen molar-refractivity contribution < 1.29 is 49.6 Å². The molecule has 0 spiro atoms. The number of aliphatic hydroxyl groups excluding tert-OH is 6. The summed E-state index contributed by atoms with van der Waals surface area (Å²) in [5, 5.41) is 59.9. The van der Waals surface area contributed by atoms with Crippen molar-refractivity contribution in [2.75, 3.05) is 66.1 Å². The highest BCUT2D eigenvalue weighted by Crippen LogP contribution is 2.23. The Hall–Kier alpha value is -1.09. The molecule has 0 amide bonds. The number of nitrogens with zero attached hydrogens (tertiary/aromatic N) is 3. The van der Waals surface area contributed by atoms with Gasteiger partial charge in [0.2, 0.25) is 0 Å². The zero-order valence-electron chi connectivity index (χ0n) is 22.2. The average Bonchev–Trinajstić information content (AvgIpc) is 2.90. The molecule has 4 atom stereocenters. The average molecular weight is 540 g/mol. The number of hydrogen-bond donors (Lipinski definition) is 6. The van der Waals surface area contributed by atoms with Crippen LogP contribution in [0.15, 0.2) is 5.11 Å². The summed E-state index contributed by atoms with van der Waals surface area (Å²) in [6, 6.07) is 0. The molecule has 0 aromatic rings. The lowest BCUT2D eigenvalue weighted by Crippen LogP contribution is -2.44. The van der Waals surface area contributed by atoms with E-state index in [-0.39, 0.29) is 46.2 Å². The van der Waals surface area contributed by atoms with Gasteiger partial charge in [-0.3, -0.25) is 0 Å². The number of rotatable bonds is 27. The quantitative estimate of drug-likeness (QED) is 0.0376. The zero-order chi connectivity index (χ0) is 27.8. The van der Waals surface area contributed by atoms with Crippen LogP contribution in [0, 0.1) is 5.41 Å². The smallest absolute Gasteiger partial charge is 0.136 e. The molecule has 13 heteroatoms. The van der Waals surface area contributed by atoms with Crippen LogP contribution in [-0.2, 0) is 18.9 Å². The first-order chi connectivity index (χ1) is 17.9. The molecule has 220 valence electrons. The highest BCUT2D eigenvalue weighted by molar-refractivity contribution is 4.81. The van der Waals surface area contributed by atoms with Crippen LogP contribution in [0.4, 0.5) is 0 Å². The lowest BCUT2D eigenvalue weighted by atomic mass is 9.92. The van der Waals surface area contributed by atoms with Crippen molar-refractivity contribution in [2.24, 2.45) is 10.5 Å². The molecule has 0 fully saturated rings. The van der Waals surface area contributed by atoms with Crippen molar-refractivity contribution in [3.05, 3.63) is 10.4 Å². The van der Waals surface area contributed by atoms with Crippen molar-refractivity contribution in [1.82, 2.24) is 0 Å². The number of ether oxygens (including phenoxy) is 4. The summed E-state index contributed by atoms with van der Waals surface area (Å²) >= 11 is 0. The maximum Gasteiger partial charge on any atom is 0.136 e. The highest BCUT2D eigenvalue weighted by Gasteiger charge is 2.34.